The lowest BCUT2D eigenvalue weighted by atomic mass is 10.1. The molecule has 0 saturated heterocycles. The van der Waals surface area contributed by atoms with Crippen LogP contribution in [-0.4, -0.2) is 21.4 Å². The maximum absolute atomic E-state index is 12.6. The molecule has 2 N–H and O–H groups in total. The minimum atomic E-state index is -0.218. The van der Waals surface area contributed by atoms with Gasteiger partial charge in [0.25, 0.3) is 5.56 Å². The molecule has 2 aromatic carbocycles. The average Bonchev–Trinajstić information content (AvgIpc) is 3.56. The summed E-state index contributed by atoms with van der Waals surface area (Å²) < 4.78 is 2.24. The fourth-order valence-electron chi connectivity index (χ4n) is 3.15. The first-order chi connectivity index (χ1) is 14.4. The number of carbonyl (C=O) groups is 2. The summed E-state index contributed by atoms with van der Waals surface area (Å²) in [4.78, 5) is 41.4. The second-order valence-corrected chi connectivity index (χ2v) is 8.41. The number of anilines is 2. The number of aromatic nitrogens is 2. The number of carbonyl (C=O) groups excluding carboxylic acids is 2. The molecule has 0 aliphatic heterocycles. The van der Waals surface area contributed by atoms with Crippen molar-refractivity contribution in [3.8, 4) is 0 Å². The zero-order valence-electron chi connectivity index (χ0n) is 16.4. The molecule has 0 radical (unpaired) electrons. The molecule has 1 saturated carbocycles. The molecule has 2 amide bonds. The molecule has 1 aliphatic carbocycles. The molecule has 8 heteroatoms. The molecule has 1 aromatic heterocycles. The number of benzene rings is 2. The predicted octanol–water partition coefficient (Wildman–Crippen LogP) is 3.84. The van der Waals surface area contributed by atoms with E-state index in [-0.39, 0.29) is 36.3 Å². The van der Waals surface area contributed by atoms with Gasteiger partial charge in [-0.1, -0.05) is 22.0 Å². The van der Waals surface area contributed by atoms with E-state index >= 15 is 0 Å². The molecule has 7 nitrogen and oxygen atoms in total. The maximum Gasteiger partial charge on any atom is 0.261 e. The Morgan fingerprint density at radius 2 is 1.97 bits per heavy atom. The largest absolute Gasteiger partial charge is 0.326 e. The Morgan fingerprint density at radius 3 is 2.73 bits per heavy atom. The van der Waals surface area contributed by atoms with Crippen LogP contribution in [0.5, 0.6) is 0 Å². The lowest BCUT2D eigenvalue weighted by Gasteiger charge is -2.12. The van der Waals surface area contributed by atoms with E-state index in [1.807, 2.05) is 25.1 Å². The molecule has 0 bridgehead atoms. The van der Waals surface area contributed by atoms with E-state index in [4.69, 9.17) is 0 Å². The molecule has 30 heavy (non-hydrogen) atoms. The van der Waals surface area contributed by atoms with Gasteiger partial charge in [0.1, 0.15) is 0 Å². The molecule has 1 heterocycles. The van der Waals surface area contributed by atoms with Gasteiger partial charge in [0.05, 0.1) is 17.2 Å². The monoisotopic (exact) mass is 468 g/mol. The smallest absolute Gasteiger partial charge is 0.261 e. The van der Waals surface area contributed by atoms with Crippen molar-refractivity contribution in [3.63, 3.8) is 0 Å². The Bertz CT molecular complexity index is 1200. The highest BCUT2D eigenvalue weighted by atomic mass is 79.9. The molecule has 1 aliphatic rings. The minimum absolute atomic E-state index is 0.0194. The second-order valence-electron chi connectivity index (χ2n) is 7.50. The van der Waals surface area contributed by atoms with Gasteiger partial charge >= 0.3 is 0 Å². The van der Waals surface area contributed by atoms with Crippen LogP contribution in [0.25, 0.3) is 10.9 Å². The highest BCUT2D eigenvalue weighted by Crippen LogP contribution is 2.30. The molecular formula is C22H21BrN4O3. The van der Waals surface area contributed by atoms with Gasteiger partial charge < -0.3 is 10.6 Å². The van der Waals surface area contributed by atoms with E-state index in [1.165, 1.54) is 10.9 Å². The normalized spacial score (nSPS) is 13.3. The average molecular weight is 469 g/mol. The first kappa shape index (κ1) is 20.3. The number of nitrogens with zero attached hydrogens (tertiary/aromatic N) is 2. The van der Waals surface area contributed by atoms with Crippen molar-refractivity contribution >= 4 is 50.0 Å². The van der Waals surface area contributed by atoms with Crippen LogP contribution < -0.4 is 16.2 Å². The Balaban J connectivity index is 1.42. The highest BCUT2D eigenvalue weighted by Gasteiger charge is 2.29. The van der Waals surface area contributed by atoms with Gasteiger partial charge in [-0.25, -0.2) is 4.98 Å². The van der Waals surface area contributed by atoms with Crippen LogP contribution in [-0.2, 0) is 16.1 Å². The number of fused-ring (bicyclic) bond motifs is 1. The predicted molar refractivity (Wildman–Crippen MR) is 119 cm³/mol. The molecule has 0 spiro atoms. The fraction of sp³-hybridized carbons (Fsp3) is 0.273. The van der Waals surface area contributed by atoms with Crippen molar-refractivity contribution in [2.75, 3.05) is 10.6 Å². The Kier molecular flexibility index (Phi) is 5.67. The fourth-order valence-corrected chi connectivity index (χ4v) is 3.51. The van der Waals surface area contributed by atoms with E-state index < -0.39 is 0 Å². The third-order valence-electron chi connectivity index (χ3n) is 5.09. The van der Waals surface area contributed by atoms with Crippen molar-refractivity contribution in [3.05, 3.63) is 63.1 Å². The second kappa shape index (κ2) is 8.39. The van der Waals surface area contributed by atoms with Crippen molar-refractivity contribution < 1.29 is 9.59 Å². The Labute approximate surface area is 181 Å². The molecule has 0 atom stereocenters. The van der Waals surface area contributed by atoms with Gasteiger partial charge in [-0.3, -0.25) is 19.0 Å². The summed E-state index contributed by atoms with van der Waals surface area (Å²) in [6.07, 6.45) is 3.45. The van der Waals surface area contributed by atoms with Crippen molar-refractivity contribution in [2.24, 2.45) is 5.92 Å². The summed E-state index contributed by atoms with van der Waals surface area (Å²) in [7, 11) is 0. The number of nitrogens with one attached hydrogen (secondary N) is 2. The number of halogens is 1. The summed E-state index contributed by atoms with van der Waals surface area (Å²) in [6, 6.07) is 10.8. The first-order valence-corrected chi connectivity index (χ1v) is 10.6. The van der Waals surface area contributed by atoms with E-state index in [2.05, 4.69) is 31.5 Å². The highest BCUT2D eigenvalue weighted by molar-refractivity contribution is 9.10. The third-order valence-corrected chi connectivity index (χ3v) is 5.59. The topological polar surface area (TPSA) is 93.1 Å². The zero-order valence-corrected chi connectivity index (χ0v) is 18.0. The lowest BCUT2D eigenvalue weighted by Crippen LogP contribution is -2.24. The van der Waals surface area contributed by atoms with E-state index in [9.17, 15) is 14.4 Å². The van der Waals surface area contributed by atoms with E-state index in [1.54, 1.807) is 18.2 Å². The van der Waals surface area contributed by atoms with Gasteiger partial charge in [0.2, 0.25) is 11.8 Å². The number of hydrogen-bond donors (Lipinski definition) is 2. The van der Waals surface area contributed by atoms with Crippen LogP contribution in [0.1, 0.15) is 24.8 Å². The van der Waals surface area contributed by atoms with Gasteiger partial charge in [0.15, 0.2) is 0 Å². The van der Waals surface area contributed by atoms with Crippen molar-refractivity contribution in [1.29, 1.82) is 0 Å². The standard InChI is InChI=1S/C22H21BrN4O3/c1-13-2-6-16(25-21(29)14-3-4-14)11-19(13)26-20(28)8-9-27-12-24-18-7-5-15(23)10-17(18)22(27)30/h2,5-7,10-12,14H,3-4,8-9H2,1H3,(H,25,29)(H,26,28). The van der Waals surface area contributed by atoms with E-state index in [0.29, 0.717) is 22.3 Å². The van der Waals surface area contributed by atoms with Crippen LogP contribution in [0.15, 0.2) is 52.0 Å². The Morgan fingerprint density at radius 1 is 1.17 bits per heavy atom. The third kappa shape index (κ3) is 4.59. The first-order valence-electron chi connectivity index (χ1n) is 9.77. The van der Waals surface area contributed by atoms with Crippen molar-refractivity contribution in [1.82, 2.24) is 9.55 Å². The number of aryl methyl sites for hydroxylation is 2. The Hall–Kier alpha value is -3.00. The molecule has 0 unspecified atom stereocenters. The zero-order chi connectivity index (χ0) is 21.3. The molecule has 154 valence electrons. The quantitative estimate of drug-likeness (QED) is 0.574. The summed E-state index contributed by atoms with van der Waals surface area (Å²) in [5, 5.41) is 6.26. The van der Waals surface area contributed by atoms with E-state index in [0.717, 1.165) is 22.9 Å². The van der Waals surface area contributed by atoms with Gasteiger partial charge in [-0.05, 0) is 55.7 Å². The maximum atomic E-state index is 12.6. The minimum Gasteiger partial charge on any atom is -0.326 e. The van der Waals surface area contributed by atoms with Crippen LogP contribution >= 0.6 is 15.9 Å². The molecule has 3 aromatic rings. The van der Waals surface area contributed by atoms with Crippen LogP contribution in [0.3, 0.4) is 0 Å². The SMILES string of the molecule is Cc1ccc(NC(=O)C2CC2)cc1NC(=O)CCn1cnc2ccc(Br)cc2c1=O. The summed E-state index contributed by atoms with van der Waals surface area (Å²) in [6.45, 7) is 2.11. The summed E-state index contributed by atoms with van der Waals surface area (Å²) in [5.41, 5.74) is 2.62. The lowest BCUT2D eigenvalue weighted by molar-refractivity contribution is -0.117. The summed E-state index contributed by atoms with van der Waals surface area (Å²) >= 11 is 3.36. The molecule has 4 rings (SSSR count). The van der Waals surface area contributed by atoms with Gasteiger partial charge in [0, 0.05) is 34.7 Å². The summed E-state index contributed by atoms with van der Waals surface area (Å²) in [5.74, 6) is -0.0882. The number of amides is 2. The number of rotatable bonds is 6. The molecular weight excluding hydrogens is 448 g/mol. The van der Waals surface area contributed by atoms with Crippen LogP contribution in [0, 0.1) is 12.8 Å². The van der Waals surface area contributed by atoms with Gasteiger partial charge in [-0.2, -0.15) is 0 Å². The number of hydrogen-bond acceptors (Lipinski definition) is 4. The van der Waals surface area contributed by atoms with Gasteiger partial charge in [-0.15, -0.1) is 0 Å². The van der Waals surface area contributed by atoms with Crippen LogP contribution in [0.4, 0.5) is 11.4 Å². The molecule has 1 fully saturated rings. The van der Waals surface area contributed by atoms with Crippen molar-refractivity contribution in [2.45, 2.75) is 32.7 Å². The van der Waals surface area contributed by atoms with Crippen LogP contribution in [0.2, 0.25) is 0 Å².